The summed E-state index contributed by atoms with van der Waals surface area (Å²) in [4.78, 5) is 27.4. The molecule has 0 spiro atoms. The number of benzene rings is 2. The fourth-order valence-electron chi connectivity index (χ4n) is 3.87. The second kappa shape index (κ2) is 10.6. The van der Waals surface area contributed by atoms with Crippen molar-refractivity contribution in [3.63, 3.8) is 0 Å². The average molecular weight is 431 g/mol. The number of nitrogens with one attached hydrogen (secondary N) is 1. The molecule has 1 aliphatic carbocycles. The van der Waals surface area contributed by atoms with E-state index in [4.69, 9.17) is 11.6 Å². The van der Waals surface area contributed by atoms with Crippen LogP contribution in [-0.2, 0) is 22.6 Å². The molecular formula is C24H28ClFN2O2. The van der Waals surface area contributed by atoms with Gasteiger partial charge in [-0.3, -0.25) is 9.59 Å². The third kappa shape index (κ3) is 5.82. The van der Waals surface area contributed by atoms with Crippen molar-refractivity contribution in [1.82, 2.24) is 10.2 Å². The first kappa shape index (κ1) is 22.3. The molecule has 0 bridgehead atoms. The number of carbonyl (C=O) groups is 2. The van der Waals surface area contributed by atoms with E-state index < -0.39 is 6.04 Å². The van der Waals surface area contributed by atoms with E-state index in [0.717, 1.165) is 31.2 Å². The Hall–Kier alpha value is -2.40. The topological polar surface area (TPSA) is 49.4 Å². The summed E-state index contributed by atoms with van der Waals surface area (Å²) < 4.78 is 14.3. The van der Waals surface area contributed by atoms with Crippen LogP contribution in [0.1, 0.15) is 50.2 Å². The smallest absolute Gasteiger partial charge is 0.242 e. The fourth-order valence-corrected chi connectivity index (χ4v) is 4.10. The minimum Gasteiger partial charge on any atom is -0.352 e. The Balaban J connectivity index is 1.73. The molecule has 0 heterocycles. The molecule has 0 aliphatic heterocycles. The van der Waals surface area contributed by atoms with Gasteiger partial charge in [0.15, 0.2) is 0 Å². The van der Waals surface area contributed by atoms with Gasteiger partial charge in [-0.15, -0.1) is 0 Å². The number of halogens is 2. The van der Waals surface area contributed by atoms with Crippen LogP contribution in [0.5, 0.6) is 0 Å². The van der Waals surface area contributed by atoms with E-state index in [2.05, 4.69) is 5.32 Å². The third-order valence-corrected chi connectivity index (χ3v) is 6.10. The Bertz CT molecular complexity index is 883. The molecule has 0 aromatic heterocycles. The maximum Gasteiger partial charge on any atom is 0.242 e. The van der Waals surface area contributed by atoms with Crippen LogP contribution in [0.3, 0.4) is 0 Å². The summed E-state index contributed by atoms with van der Waals surface area (Å²) >= 11 is 6.21. The molecule has 1 atom stereocenters. The lowest BCUT2D eigenvalue weighted by Gasteiger charge is -2.30. The Morgan fingerprint density at radius 2 is 1.73 bits per heavy atom. The first-order valence-electron chi connectivity index (χ1n) is 10.5. The van der Waals surface area contributed by atoms with E-state index in [-0.39, 0.29) is 36.6 Å². The monoisotopic (exact) mass is 430 g/mol. The van der Waals surface area contributed by atoms with Crippen molar-refractivity contribution in [2.24, 2.45) is 0 Å². The minimum atomic E-state index is -0.691. The van der Waals surface area contributed by atoms with Crippen molar-refractivity contribution in [2.45, 2.75) is 64.1 Å². The number of hydrogen-bond acceptors (Lipinski definition) is 2. The molecule has 0 radical (unpaired) electrons. The highest BCUT2D eigenvalue weighted by Gasteiger charge is 2.28. The number of rotatable bonds is 8. The van der Waals surface area contributed by atoms with Gasteiger partial charge in [-0.25, -0.2) is 4.39 Å². The van der Waals surface area contributed by atoms with E-state index in [1.807, 2.05) is 18.2 Å². The fraction of sp³-hybridized carbons (Fsp3) is 0.417. The maximum absolute atomic E-state index is 14.3. The third-order valence-electron chi connectivity index (χ3n) is 5.73. The summed E-state index contributed by atoms with van der Waals surface area (Å²) in [6.07, 6.45) is 4.80. The number of aryl methyl sites for hydroxylation is 1. The van der Waals surface area contributed by atoms with Crippen molar-refractivity contribution in [3.8, 4) is 0 Å². The van der Waals surface area contributed by atoms with Crippen molar-refractivity contribution in [2.75, 3.05) is 0 Å². The molecule has 0 saturated heterocycles. The Morgan fingerprint density at radius 3 is 2.40 bits per heavy atom. The molecule has 1 aliphatic rings. The lowest BCUT2D eigenvalue weighted by molar-refractivity contribution is -0.140. The van der Waals surface area contributed by atoms with Gasteiger partial charge in [0.05, 0.1) is 0 Å². The van der Waals surface area contributed by atoms with Gasteiger partial charge in [0.2, 0.25) is 11.8 Å². The SMILES string of the molecule is CC(C(=O)NC1CCCC1)N(Cc1ccccc1F)C(=O)CCc1ccccc1Cl. The first-order chi connectivity index (χ1) is 14.5. The second-order valence-corrected chi connectivity index (χ2v) is 8.28. The molecule has 1 N–H and O–H groups in total. The predicted molar refractivity (Wildman–Crippen MR) is 117 cm³/mol. The molecule has 1 saturated carbocycles. The summed E-state index contributed by atoms with van der Waals surface area (Å²) in [7, 11) is 0. The van der Waals surface area contributed by atoms with Crippen LogP contribution >= 0.6 is 11.6 Å². The van der Waals surface area contributed by atoms with E-state index >= 15 is 0 Å². The highest BCUT2D eigenvalue weighted by molar-refractivity contribution is 6.31. The van der Waals surface area contributed by atoms with Gasteiger partial charge in [-0.2, -0.15) is 0 Å². The number of carbonyl (C=O) groups excluding carboxylic acids is 2. The summed E-state index contributed by atoms with van der Waals surface area (Å²) in [6, 6.07) is 13.2. The largest absolute Gasteiger partial charge is 0.352 e. The van der Waals surface area contributed by atoms with Crippen LogP contribution in [-0.4, -0.2) is 28.8 Å². The van der Waals surface area contributed by atoms with Crippen LogP contribution in [0.25, 0.3) is 0 Å². The summed E-state index contributed by atoms with van der Waals surface area (Å²) in [5, 5.41) is 3.66. The van der Waals surface area contributed by atoms with Crippen molar-refractivity contribution in [3.05, 3.63) is 70.5 Å². The normalized spacial score (nSPS) is 15.0. The Morgan fingerprint density at radius 1 is 1.10 bits per heavy atom. The van der Waals surface area contributed by atoms with Gasteiger partial charge in [0.25, 0.3) is 0 Å². The van der Waals surface area contributed by atoms with Gasteiger partial charge in [0, 0.05) is 29.6 Å². The van der Waals surface area contributed by atoms with Crippen LogP contribution in [0.2, 0.25) is 5.02 Å². The van der Waals surface area contributed by atoms with Crippen LogP contribution in [0.4, 0.5) is 4.39 Å². The Kier molecular flexibility index (Phi) is 7.86. The van der Waals surface area contributed by atoms with Gasteiger partial charge >= 0.3 is 0 Å². The Labute approximate surface area is 182 Å². The lowest BCUT2D eigenvalue weighted by atomic mass is 10.1. The van der Waals surface area contributed by atoms with E-state index in [1.54, 1.807) is 31.2 Å². The number of amides is 2. The van der Waals surface area contributed by atoms with Crippen molar-refractivity contribution >= 4 is 23.4 Å². The summed E-state index contributed by atoms with van der Waals surface area (Å²) in [5.74, 6) is -0.776. The average Bonchev–Trinajstić information content (AvgIpc) is 3.25. The summed E-state index contributed by atoms with van der Waals surface area (Å²) in [5.41, 5.74) is 1.27. The molecule has 2 aromatic carbocycles. The molecule has 6 heteroatoms. The predicted octanol–water partition coefficient (Wildman–Crippen LogP) is 4.89. The number of hydrogen-bond donors (Lipinski definition) is 1. The quantitative estimate of drug-likeness (QED) is 0.648. The molecule has 3 rings (SSSR count). The molecular weight excluding hydrogens is 403 g/mol. The highest BCUT2D eigenvalue weighted by atomic mass is 35.5. The first-order valence-corrected chi connectivity index (χ1v) is 10.9. The molecule has 30 heavy (non-hydrogen) atoms. The lowest BCUT2D eigenvalue weighted by Crippen LogP contribution is -2.49. The van der Waals surface area contributed by atoms with Crippen molar-refractivity contribution < 1.29 is 14.0 Å². The highest BCUT2D eigenvalue weighted by Crippen LogP contribution is 2.21. The standard InChI is InChI=1S/C24H28ClFN2O2/c1-17(24(30)27-20-10-4-5-11-20)28(16-19-9-3-7-13-22(19)26)23(29)15-14-18-8-2-6-12-21(18)25/h2-3,6-9,12-13,17,20H,4-5,10-11,14-16H2,1H3,(H,27,30). The number of nitrogens with zero attached hydrogens (tertiary/aromatic N) is 1. The van der Waals surface area contributed by atoms with Gasteiger partial charge < -0.3 is 10.2 Å². The molecule has 1 fully saturated rings. The van der Waals surface area contributed by atoms with Crippen LogP contribution in [0.15, 0.2) is 48.5 Å². The van der Waals surface area contributed by atoms with Gasteiger partial charge in [-0.1, -0.05) is 60.8 Å². The molecule has 1 unspecified atom stereocenters. The molecule has 2 amide bonds. The van der Waals surface area contributed by atoms with E-state index in [9.17, 15) is 14.0 Å². The summed E-state index contributed by atoms with van der Waals surface area (Å²) in [6.45, 7) is 1.76. The minimum absolute atomic E-state index is 0.0489. The zero-order valence-corrected chi connectivity index (χ0v) is 18.0. The zero-order valence-electron chi connectivity index (χ0n) is 17.2. The van der Waals surface area contributed by atoms with Crippen LogP contribution < -0.4 is 5.32 Å². The van der Waals surface area contributed by atoms with Gasteiger partial charge in [-0.05, 0) is 43.9 Å². The molecule has 2 aromatic rings. The maximum atomic E-state index is 14.3. The van der Waals surface area contributed by atoms with E-state index in [0.29, 0.717) is 17.0 Å². The van der Waals surface area contributed by atoms with Crippen LogP contribution in [0, 0.1) is 5.82 Å². The second-order valence-electron chi connectivity index (χ2n) is 7.87. The van der Waals surface area contributed by atoms with E-state index in [1.165, 1.54) is 11.0 Å². The van der Waals surface area contributed by atoms with Gasteiger partial charge in [0.1, 0.15) is 11.9 Å². The zero-order chi connectivity index (χ0) is 21.5. The molecule has 4 nitrogen and oxygen atoms in total. The molecule has 160 valence electrons. The van der Waals surface area contributed by atoms with Crippen molar-refractivity contribution in [1.29, 1.82) is 0 Å².